The summed E-state index contributed by atoms with van der Waals surface area (Å²) in [4.78, 5) is 22.5. The number of carbonyl (C=O) groups excluding carboxylic acids is 2. The summed E-state index contributed by atoms with van der Waals surface area (Å²) in [7, 11) is 0. The molecule has 0 spiro atoms. The molecule has 0 saturated carbocycles. The number of nitrogen functional groups attached to an aromatic ring is 1. The van der Waals surface area contributed by atoms with Crippen molar-refractivity contribution in [2.24, 2.45) is 0 Å². The highest BCUT2D eigenvalue weighted by atomic mass is 16.5. The Morgan fingerprint density at radius 2 is 2.33 bits per heavy atom. The van der Waals surface area contributed by atoms with E-state index in [9.17, 15) is 9.59 Å². The SMILES string of the molecule is CCOC(=O)CCCNc1cc2c(cc1N)OCC(=O)N2. The number of rotatable bonds is 6. The van der Waals surface area contributed by atoms with Crippen LogP contribution in [0.1, 0.15) is 19.8 Å². The minimum Gasteiger partial charge on any atom is -0.482 e. The van der Waals surface area contributed by atoms with Crippen molar-refractivity contribution < 1.29 is 19.1 Å². The molecule has 4 N–H and O–H groups in total. The van der Waals surface area contributed by atoms with Crippen molar-refractivity contribution in [1.29, 1.82) is 0 Å². The highest BCUT2D eigenvalue weighted by molar-refractivity contribution is 5.97. The summed E-state index contributed by atoms with van der Waals surface area (Å²) in [6, 6.07) is 3.40. The van der Waals surface area contributed by atoms with Crippen LogP contribution in [0, 0.1) is 0 Å². The largest absolute Gasteiger partial charge is 0.482 e. The second-order valence-electron chi connectivity index (χ2n) is 4.61. The molecule has 0 radical (unpaired) electrons. The van der Waals surface area contributed by atoms with Crippen LogP contribution in [0.5, 0.6) is 5.75 Å². The van der Waals surface area contributed by atoms with Gasteiger partial charge in [0.25, 0.3) is 5.91 Å². The van der Waals surface area contributed by atoms with Gasteiger partial charge >= 0.3 is 5.97 Å². The monoisotopic (exact) mass is 293 g/mol. The van der Waals surface area contributed by atoms with Crippen molar-refractivity contribution in [2.45, 2.75) is 19.8 Å². The van der Waals surface area contributed by atoms with Gasteiger partial charge in [-0.2, -0.15) is 0 Å². The molecule has 0 aromatic heterocycles. The van der Waals surface area contributed by atoms with E-state index in [4.69, 9.17) is 15.2 Å². The van der Waals surface area contributed by atoms with Crippen LogP contribution in [0.3, 0.4) is 0 Å². The highest BCUT2D eigenvalue weighted by Gasteiger charge is 2.17. The normalized spacial score (nSPS) is 12.9. The predicted molar refractivity (Wildman–Crippen MR) is 79.3 cm³/mol. The lowest BCUT2D eigenvalue weighted by molar-refractivity contribution is -0.143. The van der Waals surface area contributed by atoms with Crippen molar-refractivity contribution in [3.05, 3.63) is 12.1 Å². The van der Waals surface area contributed by atoms with E-state index < -0.39 is 0 Å². The third-order valence-corrected chi connectivity index (χ3v) is 2.96. The zero-order chi connectivity index (χ0) is 15.2. The van der Waals surface area contributed by atoms with Crippen molar-refractivity contribution in [2.75, 3.05) is 36.1 Å². The fourth-order valence-corrected chi connectivity index (χ4v) is 1.98. The van der Waals surface area contributed by atoms with Gasteiger partial charge in [-0.25, -0.2) is 0 Å². The second kappa shape index (κ2) is 6.83. The maximum Gasteiger partial charge on any atom is 0.305 e. The third-order valence-electron chi connectivity index (χ3n) is 2.96. The maximum absolute atomic E-state index is 11.3. The topological polar surface area (TPSA) is 103 Å². The van der Waals surface area contributed by atoms with Gasteiger partial charge in [-0.3, -0.25) is 9.59 Å². The van der Waals surface area contributed by atoms with Crippen molar-refractivity contribution in [3.63, 3.8) is 0 Å². The number of nitrogens with two attached hydrogens (primary N) is 1. The van der Waals surface area contributed by atoms with Crippen LogP contribution in [0.25, 0.3) is 0 Å². The van der Waals surface area contributed by atoms with Gasteiger partial charge in [-0.05, 0) is 19.4 Å². The van der Waals surface area contributed by atoms with Gasteiger partial charge in [0.1, 0.15) is 5.75 Å². The Bertz CT molecular complexity index is 545. The Morgan fingerprint density at radius 3 is 3.10 bits per heavy atom. The number of amides is 1. The molecule has 0 fully saturated rings. The maximum atomic E-state index is 11.3. The van der Waals surface area contributed by atoms with E-state index in [1.54, 1.807) is 19.1 Å². The lowest BCUT2D eigenvalue weighted by Crippen LogP contribution is -2.25. The van der Waals surface area contributed by atoms with Gasteiger partial charge in [0.05, 0.1) is 23.7 Å². The summed E-state index contributed by atoms with van der Waals surface area (Å²) in [6.07, 6.45) is 0.990. The Balaban J connectivity index is 1.90. The summed E-state index contributed by atoms with van der Waals surface area (Å²) in [5, 5.41) is 5.85. The van der Waals surface area contributed by atoms with Crippen LogP contribution < -0.4 is 21.1 Å². The summed E-state index contributed by atoms with van der Waals surface area (Å²) in [6.45, 7) is 2.75. The molecule has 1 amide bonds. The molecule has 21 heavy (non-hydrogen) atoms. The smallest absolute Gasteiger partial charge is 0.305 e. The van der Waals surface area contributed by atoms with E-state index >= 15 is 0 Å². The van der Waals surface area contributed by atoms with Crippen molar-refractivity contribution >= 4 is 28.9 Å². The molecule has 0 bridgehead atoms. The fraction of sp³-hybridized carbons (Fsp3) is 0.429. The number of ether oxygens (including phenoxy) is 2. The van der Waals surface area contributed by atoms with Gasteiger partial charge in [0.15, 0.2) is 6.61 Å². The number of carbonyl (C=O) groups is 2. The molecular formula is C14H19N3O4. The first-order chi connectivity index (χ1) is 10.1. The van der Waals surface area contributed by atoms with Crippen LogP contribution in [-0.2, 0) is 14.3 Å². The minimum atomic E-state index is -0.210. The number of benzene rings is 1. The molecule has 7 nitrogen and oxygen atoms in total. The molecule has 1 aromatic carbocycles. The first kappa shape index (κ1) is 15.0. The van der Waals surface area contributed by atoms with E-state index in [1.807, 2.05) is 0 Å². The van der Waals surface area contributed by atoms with E-state index in [-0.39, 0.29) is 18.5 Å². The van der Waals surface area contributed by atoms with Crippen molar-refractivity contribution in [1.82, 2.24) is 0 Å². The number of hydrogen-bond donors (Lipinski definition) is 3. The van der Waals surface area contributed by atoms with Crippen LogP contribution in [-0.4, -0.2) is 31.6 Å². The molecule has 0 unspecified atom stereocenters. The molecule has 1 heterocycles. The lowest BCUT2D eigenvalue weighted by Gasteiger charge is -2.20. The summed E-state index contributed by atoms with van der Waals surface area (Å²) < 4.78 is 10.1. The van der Waals surface area contributed by atoms with Crippen LogP contribution in [0.15, 0.2) is 12.1 Å². The van der Waals surface area contributed by atoms with Crippen LogP contribution >= 0.6 is 0 Å². The quantitative estimate of drug-likeness (QED) is 0.416. The zero-order valence-electron chi connectivity index (χ0n) is 11.9. The van der Waals surface area contributed by atoms with Gasteiger partial charge in [-0.15, -0.1) is 0 Å². The number of hydrogen-bond acceptors (Lipinski definition) is 6. The molecule has 114 valence electrons. The third kappa shape index (κ3) is 4.01. The second-order valence-corrected chi connectivity index (χ2v) is 4.61. The Morgan fingerprint density at radius 1 is 1.52 bits per heavy atom. The van der Waals surface area contributed by atoms with E-state index in [0.29, 0.717) is 48.8 Å². The molecule has 0 atom stereocenters. The summed E-state index contributed by atoms with van der Waals surface area (Å²) >= 11 is 0. The molecule has 1 aliphatic heterocycles. The number of esters is 1. The van der Waals surface area contributed by atoms with Crippen LogP contribution in [0.4, 0.5) is 17.1 Å². The average molecular weight is 293 g/mol. The Kier molecular flexibility index (Phi) is 4.86. The van der Waals surface area contributed by atoms with Crippen LogP contribution in [0.2, 0.25) is 0 Å². The van der Waals surface area contributed by atoms with Gasteiger partial charge in [0, 0.05) is 19.0 Å². The van der Waals surface area contributed by atoms with E-state index in [1.165, 1.54) is 0 Å². The van der Waals surface area contributed by atoms with E-state index in [2.05, 4.69) is 10.6 Å². The Labute approximate surface area is 122 Å². The standard InChI is InChI=1S/C14H19N3O4/c1-2-20-14(19)4-3-5-16-10-7-11-12(6-9(10)15)21-8-13(18)17-11/h6-7,16H,2-5,8,15H2,1H3,(H,17,18). The predicted octanol–water partition coefficient (Wildman–Crippen LogP) is 1.35. The lowest BCUT2D eigenvalue weighted by atomic mass is 10.2. The summed E-state index contributed by atoms with van der Waals surface area (Å²) in [5.41, 5.74) is 7.74. The molecule has 0 aliphatic carbocycles. The molecule has 0 saturated heterocycles. The molecule has 7 heteroatoms. The highest BCUT2D eigenvalue weighted by Crippen LogP contribution is 2.35. The van der Waals surface area contributed by atoms with E-state index in [0.717, 1.165) is 0 Å². The Hall–Kier alpha value is -2.44. The van der Waals surface area contributed by atoms with Gasteiger partial charge in [0.2, 0.25) is 0 Å². The molecule has 1 aromatic rings. The summed E-state index contributed by atoms with van der Waals surface area (Å²) in [5.74, 6) is 0.156. The number of nitrogens with one attached hydrogen (secondary N) is 2. The zero-order valence-corrected chi connectivity index (χ0v) is 11.9. The van der Waals surface area contributed by atoms with Gasteiger partial charge in [-0.1, -0.05) is 0 Å². The fourth-order valence-electron chi connectivity index (χ4n) is 1.98. The minimum absolute atomic E-state index is 0.00123. The van der Waals surface area contributed by atoms with Crippen molar-refractivity contribution in [3.8, 4) is 5.75 Å². The number of anilines is 3. The molecular weight excluding hydrogens is 274 g/mol. The van der Waals surface area contributed by atoms with Gasteiger partial charge < -0.3 is 25.8 Å². The number of fused-ring (bicyclic) bond motifs is 1. The first-order valence-corrected chi connectivity index (χ1v) is 6.85. The first-order valence-electron chi connectivity index (χ1n) is 6.85. The molecule has 2 rings (SSSR count). The average Bonchev–Trinajstić information content (AvgIpc) is 2.44. The molecule has 1 aliphatic rings.